The Balaban J connectivity index is 1.57. The fourth-order valence-electron chi connectivity index (χ4n) is 4.09. The van der Waals surface area contributed by atoms with Crippen LogP contribution in [-0.4, -0.2) is 47.2 Å². The standard InChI is InChI=1S/C22H19F3N4O5/c23-22(24,25)13-4-7-18(27-8-2-1-3-9-27)17(10-13)26-19(30)12-28-20(31)15-6-5-14(29(33)34)11-16(15)21(28)32/h4-7,10-11H,1-3,8-9,12H2,(H,26,30). The number of carbonyl (C=O) groups is 3. The van der Waals surface area contributed by atoms with Crippen molar-refractivity contribution in [1.29, 1.82) is 0 Å². The van der Waals surface area contributed by atoms with Crippen LogP contribution < -0.4 is 10.2 Å². The summed E-state index contributed by atoms with van der Waals surface area (Å²) < 4.78 is 39.8. The number of hydrogen-bond donors (Lipinski definition) is 1. The number of alkyl halides is 3. The van der Waals surface area contributed by atoms with E-state index < -0.39 is 40.9 Å². The van der Waals surface area contributed by atoms with Gasteiger partial charge in [-0.3, -0.25) is 29.4 Å². The largest absolute Gasteiger partial charge is 0.416 e. The van der Waals surface area contributed by atoms with Gasteiger partial charge in [0, 0.05) is 25.2 Å². The van der Waals surface area contributed by atoms with Gasteiger partial charge in [-0.15, -0.1) is 0 Å². The maximum Gasteiger partial charge on any atom is 0.416 e. The molecule has 2 aliphatic heterocycles. The van der Waals surface area contributed by atoms with Crippen molar-refractivity contribution in [3.8, 4) is 0 Å². The van der Waals surface area contributed by atoms with E-state index >= 15 is 0 Å². The highest BCUT2D eigenvalue weighted by molar-refractivity contribution is 6.23. The first kappa shape index (κ1) is 23.2. The van der Waals surface area contributed by atoms with E-state index in [1.807, 2.05) is 4.90 Å². The maximum absolute atomic E-state index is 13.3. The molecule has 4 rings (SSSR count). The highest BCUT2D eigenvalue weighted by atomic mass is 19.4. The van der Waals surface area contributed by atoms with Gasteiger partial charge in [0.1, 0.15) is 6.54 Å². The summed E-state index contributed by atoms with van der Waals surface area (Å²) in [5.41, 5.74) is -1.29. The highest BCUT2D eigenvalue weighted by Crippen LogP contribution is 2.36. The van der Waals surface area contributed by atoms with E-state index in [2.05, 4.69) is 5.32 Å². The van der Waals surface area contributed by atoms with Crippen LogP contribution in [0.1, 0.15) is 45.5 Å². The van der Waals surface area contributed by atoms with Gasteiger partial charge in [0.15, 0.2) is 0 Å². The van der Waals surface area contributed by atoms with Crippen LogP contribution in [-0.2, 0) is 11.0 Å². The predicted octanol–water partition coefficient (Wildman–Crippen LogP) is 3.84. The molecule has 12 heteroatoms. The Bertz CT molecular complexity index is 1190. The van der Waals surface area contributed by atoms with Gasteiger partial charge < -0.3 is 10.2 Å². The van der Waals surface area contributed by atoms with Crippen molar-refractivity contribution < 1.29 is 32.5 Å². The number of nitro groups is 1. The minimum Gasteiger partial charge on any atom is -0.370 e. The maximum atomic E-state index is 13.3. The second-order valence-corrected chi connectivity index (χ2v) is 8.01. The number of imide groups is 1. The molecule has 3 amide bonds. The van der Waals surface area contributed by atoms with Crippen LogP contribution in [0.2, 0.25) is 0 Å². The summed E-state index contributed by atoms with van der Waals surface area (Å²) in [6.07, 6.45) is -1.92. The molecule has 0 atom stereocenters. The van der Waals surface area contributed by atoms with E-state index in [9.17, 15) is 37.7 Å². The summed E-state index contributed by atoms with van der Waals surface area (Å²) >= 11 is 0. The number of nitro benzene ring substituents is 1. The van der Waals surface area contributed by atoms with Gasteiger partial charge in [0.05, 0.1) is 33.0 Å². The van der Waals surface area contributed by atoms with Crippen LogP contribution in [0.15, 0.2) is 36.4 Å². The summed E-state index contributed by atoms with van der Waals surface area (Å²) in [7, 11) is 0. The van der Waals surface area contributed by atoms with E-state index in [-0.39, 0.29) is 22.5 Å². The lowest BCUT2D eigenvalue weighted by atomic mass is 10.1. The molecule has 178 valence electrons. The molecule has 0 aliphatic carbocycles. The van der Waals surface area contributed by atoms with Gasteiger partial charge >= 0.3 is 6.18 Å². The Hall–Kier alpha value is -3.96. The van der Waals surface area contributed by atoms with Crippen LogP contribution in [0.25, 0.3) is 0 Å². The van der Waals surface area contributed by atoms with Crippen LogP contribution in [0.3, 0.4) is 0 Å². The van der Waals surface area contributed by atoms with Crippen molar-refractivity contribution in [2.45, 2.75) is 25.4 Å². The van der Waals surface area contributed by atoms with Gasteiger partial charge in [-0.25, -0.2) is 0 Å². The number of non-ortho nitro benzene ring substituents is 1. The molecule has 1 saturated heterocycles. The third-order valence-corrected chi connectivity index (χ3v) is 5.76. The first-order valence-corrected chi connectivity index (χ1v) is 10.5. The minimum absolute atomic E-state index is 0.0750. The zero-order valence-electron chi connectivity index (χ0n) is 17.7. The molecule has 0 radical (unpaired) electrons. The molecule has 0 aromatic heterocycles. The van der Waals surface area contributed by atoms with E-state index in [0.29, 0.717) is 23.7 Å². The zero-order valence-corrected chi connectivity index (χ0v) is 17.7. The molecule has 2 heterocycles. The van der Waals surface area contributed by atoms with E-state index in [1.54, 1.807) is 0 Å². The number of anilines is 2. The second kappa shape index (κ2) is 8.76. The van der Waals surface area contributed by atoms with Crippen LogP contribution in [0.5, 0.6) is 0 Å². The Morgan fingerprint density at radius 3 is 2.32 bits per heavy atom. The Kier molecular flexibility index (Phi) is 5.98. The van der Waals surface area contributed by atoms with Gasteiger partial charge in [0.2, 0.25) is 5.91 Å². The molecule has 1 fully saturated rings. The molecule has 2 aromatic carbocycles. The van der Waals surface area contributed by atoms with Crippen LogP contribution in [0, 0.1) is 10.1 Å². The van der Waals surface area contributed by atoms with Gasteiger partial charge in [-0.1, -0.05) is 0 Å². The van der Waals surface area contributed by atoms with Crippen molar-refractivity contribution >= 4 is 34.8 Å². The first-order valence-electron chi connectivity index (χ1n) is 10.5. The first-order chi connectivity index (χ1) is 16.1. The Morgan fingerprint density at radius 1 is 1.00 bits per heavy atom. The molecule has 0 spiro atoms. The minimum atomic E-state index is -4.63. The van der Waals surface area contributed by atoms with Crippen molar-refractivity contribution in [2.24, 2.45) is 0 Å². The molecule has 0 saturated carbocycles. The number of benzene rings is 2. The molecule has 2 aliphatic rings. The summed E-state index contributed by atoms with van der Waals surface area (Å²) in [5, 5.41) is 13.4. The lowest BCUT2D eigenvalue weighted by Crippen LogP contribution is -2.38. The van der Waals surface area contributed by atoms with Crippen LogP contribution in [0.4, 0.5) is 30.2 Å². The number of carbonyl (C=O) groups excluding carboxylic acids is 3. The number of nitrogens with one attached hydrogen (secondary N) is 1. The molecule has 34 heavy (non-hydrogen) atoms. The topological polar surface area (TPSA) is 113 Å². The predicted molar refractivity (Wildman–Crippen MR) is 115 cm³/mol. The van der Waals surface area contributed by atoms with Gasteiger partial charge in [-0.05, 0) is 43.5 Å². The number of hydrogen-bond acceptors (Lipinski definition) is 6. The Morgan fingerprint density at radius 2 is 1.68 bits per heavy atom. The molecule has 1 N–H and O–H groups in total. The normalized spacial score (nSPS) is 16.0. The number of amides is 3. The number of fused-ring (bicyclic) bond motifs is 1. The molecular weight excluding hydrogens is 457 g/mol. The molecule has 2 aromatic rings. The summed E-state index contributed by atoms with van der Waals surface area (Å²) in [6.45, 7) is 0.479. The monoisotopic (exact) mass is 476 g/mol. The van der Waals surface area contributed by atoms with E-state index in [0.717, 1.165) is 49.6 Å². The summed E-state index contributed by atoms with van der Waals surface area (Å²) in [5.74, 6) is -2.58. The lowest BCUT2D eigenvalue weighted by Gasteiger charge is -2.31. The molecular formula is C22H19F3N4O5. The second-order valence-electron chi connectivity index (χ2n) is 8.01. The molecule has 0 unspecified atom stereocenters. The van der Waals surface area contributed by atoms with E-state index in [1.165, 1.54) is 6.07 Å². The lowest BCUT2D eigenvalue weighted by molar-refractivity contribution is -0.384. The van der Waals surface area contributed by atoms with Gasteiger partial charge in [0.25, 0.3) is 17.5 Å². The third-order valence-electron chi connectivity index (χ3n) is 5.76. The fourth-order valence-corrected chi connectivity index (χ4v) is 4.09. The van der Waals surface area contributed by atoms with Crippen molar-refractivity contribution in [3.63, 3.8) is 0 Å². The quantitative estimate of drug-likeness (QED) is 0.399. The summed E-state index contributed by atoms with van der Waals surface area (Å²) in [4.78, 5) is 50.6. The molecule has 9 nitrogen and oxygen atoms in total. The average Bonchev–Trinajstić information content (AvgIpc) is 3.03. The number of piperidine rings is 1. The van der Waals surface area contributed by atoms with Crippen molar-refractivity contribution in [1.82, 2.24) is 4.90 Å². The van der Waals surface area contributed by atoms with Crippen molar-refractivity contribution in [3.05, 3.63) is 63.2 Å². The number of rotatable bonds is 5. The number of nitrogens with zero attached hydrogens (tertiary/aromatic N) is 3. The SMILES string of the molecule is O=C(CN1C(=O)c2ccc([N+](=O)[O-])cc2C1=O)Nc1cc(C(F)(F)F)ccc1N1CCCCC1. The smallest absolute Gasteiger partial charge is 0.370 e. The van der Waals surface area contributed by atoms with Crippen molar-refractivity contribution in [2.75, 3.05) is 29.9 Å². The molecule has 0 bridgehead atoms. The van der Waals surface area contributed by atoms with E-state index in [4.69, 9.17) is 0 Å². The Labute approximate surface area is 191 Å². The highest BCUT2D eigenvalue weighted by Gasteiger charge is 2.38. The van der Waals surface area contributed by atoms with Crippen LogP contribution >= 0.6 is 0 Å². The fraction of sp³-hybridized carbons (Fsp3) is 0.318. The van der Waals surface area contributed by atoms with Gasteiger partial charge in [-0.2, -0.15) is 13.2 Å². The number of halogens is 3. The zero-order chi connectivity index (χ0) is 24.6. The third kappa shape index (κ3) is 4.43. The summed E-state index contributed by atoms with van der Waals surface area (Å²) in [6, 6.07) is 6.22. The average molecular weight is 476 g/mol.